The predicted octanol–water partition coefficient (Wildman–Crippen LogP) is 5.85. The Morgan fingerprint density at radius 3 is 2.34 bits per heavy atom. The summed E-state index contributed by atoms with van der Waals surface area (Å²) in [5, 5.41) is 10.5. The lowest BCUT2D eigenvalue weighted by Crippen LogP contribution is -2.60. The molecule has 2 aromatic carbocycles. The first-order valence-electron chi connectivity index (χ1n) is 13.1. The minimum absolute atomic E-state index is 0.0477. The molecule has 1 aliphatic carbocycles. The third-order valence-corrected chi connectivity index (χ3v) is 8.18. The molecule has 35 heavy (non-hydrogen) atoms. The van der Waals surface area contributed by atoms with Crippen LogP contribution >= 0.6 is 0 Å². The lowest BCUT2D eigenvalue weighted by atomic mass is 9.79. The maximum atomic E-state index is 12.8. The average Bonchev–Trinajstić information content (AvgIpc) is 3.09. The maximum Gasteiger partial charge on any atom is 0.408 e. The number of benzene rings is 2. The van der Waals surface area contributed by atoms with E-state index in [2.05, 4.69) is 43.0 Å². The van der Waals surface area contributed by atoms with Crippen molar-refractivity contribution in [3.63, 3.8) is 0 Å². The Balaban J connectivity index is 1.56. The van der Waals surface area contributed by atoms with E-state index < -0.39 is 6.09 Å². The van der Waals surface area contributed by atoms with Crippen LogP contribution in [0.3, 0.4) is 0 Å². The molecule has 0 saturated carbocycles. The topological polar surface area (TPSA) is 62.2 Å². The molecule has 4 aliphatic rings. The van der Waals surface area contributed by atoms with Crippen molar-refractivity contribution in [2.24, 2.45) is 11.3 Å². The average molecular weight is 479 g/mol. The summed E-state index contributed by atoms with van der Waals surface area (Å²) in [6.45, 7) is 12.6. The number of hydrogen-bond acceptors (Lipinski definition) is 4. The molecule has 3 heterocycles. The molecule has 0 radical (unpaired) electrons. The fourth-order valence-corrected chi connectivity index (χ4v) is 6.67. The minimum Gasteiger partial charge on any atom is -0.494 e. The van der Waals surface area contributed by atoms with Gasteiger partial charge < -0.3 is 19.5 Å². The SMILES string of the molecule is CCOc1ccc(-c2cc3c(cc2OCC)[C@H](N(C(=O)O)[C@@H]2CN4CCC2CC4)C(C)(C)C3)cc1. The molecule has 2 atom stereocenters. The highest BCUT2D eigenvalue weighted by Crippen LogP contribution is 2.53. The van der Waals surface area contributed by atoms with Crippen LogP contribution in [0.4, 0.5) is 4.79 Å². The Labute approximate surface area is 208 Å². The lowest BCUT2D eigenvalue weighted by molar-refractivity contribution is -0.0267. The molecule has 3 saturated heterocycles. The van der Waals surface area contributed by atoms with Crippen LogP contribution in [-0.2, 0) is 6.42 Å². The molecule has 1 amide bonds. The molecule has 2 bridgehead atoms. The zero-order valence-corrected chi connectivity index (χ0v) is 21.4. The van der Waals surface area contributed by atoms with E-state index in [1.165, 1.54) is 5.56 Å². The van der Waals surface area contributed by atoms with Gasteiger partial charge in [-0.25, -0.2) is 4.79 Å². The van der Waals surface area contributed by atoms with E-state index in [1.807, 2.05) is 30.9 Å². The summed E-state index contributed by atoms with van der Waals surface area (Å²) in [5.41, 5.74) is 4.25. The first-order chi connectivity index (χ1) is 16.8. The number of ether oxygens (including phenoxy) is 2. The van der Waals surface area contributed by atoms with Crippen LogP contribution in [0.2, 0.25) is 0 Å². The van der Waals surface area contributed by atoms with Gasteiger partial charge in [-0.1, -0.05) is 26.0 Å². The number of carboxylic acid groups (broad SMARTS) is 1. The predicted molar refractivity (Wildman–Crippen MR) is 137 cm³/mol. The summed E-state index contributed by atoms with van der Waals surface area (Å²) < 4.78 is 11.8. The fourth-order valence-electron chi connectivity index (χ4n) is 6.67. The van der Waals surface area contributed by atoms with Gasteiger partial charge in [0.05, 0.1) is 25.3 Å². The zero-order chi connectivity index (χ0) is 24.7. The summed E-state index contributed by atoms with van der Waals surface area (Å²) in [4.78, 5) is 17.1. The summed E-state index contributed by atoms with van der Waals surface area (Å²) >= 11 is 0. The van der Waals surface area contributed by atoms with Crippen LogP contribution in [0, 0.1) is 11.3 Å². The number of nitrogens with zero attached hydrogens (tertiary/aromatic N) is 2. The van der Waals surface area contributed by atoms with Gasteiger partial charge in [-0.3, -0.25) is 4.90 Å². The fraction of sp³-hybridized carbons (Fsp3) is 0.552. The third-order valence-electron chi connectivity index (χ3n) is 8.18. The molecular weight excluding hydrogens is 440 g/mol. The first kappa shape index (κ1) is 24.0. The zero-order valence-electron chi connectivity index (χ0n) is 21.4. The van der Waals surface area contributed by atoms with Crippen LogP contribution in [0.1, 0.15) is 57.7 Å². The van der Waals surface area contributed by atoms with E-state index >= 15 is 0 Å². The van der Waals surface area contributed by atoms with Crippen molar-refractivity contribution in [3.05, 3.63) is 47.5 Å². The molecular formula is C29H38N2O4. The number of fused-ring (bicyclic) bond motifs is 4. The number of hydrogen-bond donors (Lipinski definition) is 1. The Morgan fingerprint density at radius 2 is 1.77 bits per heavy atom. The number of carbonyl (C=O) groups is 1. The van der Waals surface area contributed by atoms with Crippen LogP contribution in [-0.4, -0.2) is 59.9 Å². The van der Waals surface area contributed by atoms with Crippen molar-refractivity contribution in [1.29, 1.82) is 0 Å². The largest absolute Gasteiger partial charge is 0.494 e. The van der Waals surface area contributed by atoms with Crippen molar-refractivity contribution in [2.75, 3.05) is 32.8 Å². The van der Waals surface area contributed by atoms with Crippen molar-refractivity contribution >= 4 is 6.09 Å². The van der Waals surface area contributed by atoms with Gasteiger partial charge in [0.2, 0.25) is 0 Å². The van der Waals surface area contributed by atoms with Gasteiger partial charge in [0.25, 0.3) is 0 Å². The summed E-state index contributed by atoms with van der Waals surface area (Å²) in [6, 6.07) is 12.4. The van der Waals surface area contributed by atoms with Crippen LogP contribution < -0.4 is 9.47 Å². The van der Waals surface area contributed by atoms with E-state index in [1.54, 1.807) is 0 Å². The van der Waals surface area contributed by atoms with Gasteiger partial charge in [-0.05, 0) is 98.5 Å². The Kier molecular flexibility index (Phi) is 6.43. The molecule has 3 aliphatic heterocycles. The number of piperidine rings is 3. The Morgan fingerprint density at radius 1 is 1.09 bits per heavy atom. The molecule has 188 valence electrons. The quantitative estimate of drug-likeness (QED) is 0.541. The second kappa shape index (κ2) is 9.38. The second-order valence-electron chi connectivity index (χ2n) is 10.9. The Bertz CT molecular complexity index is 1070. The van der Waals surface area contributed by atoms with Crippen molar-refractivity contribution in [2.45, 2.75) is 59.0 Å². The van der Waals surface area contributed by atoms with E-state index in [-0.39, 0.29) is 17.5 Å². The van der Waals surface area contributed by atoms with E-state index in [0.29, 0.717) is 19.1 Å². The monoisotopic (exact) mass is 478 g/mol. The smallest absolute Gasteiger partial charge is 0.408 e. The van der Waals surface area contributed by atoms with E-state index in [0.717, 1.165) is 67.1 Å². The first-order valence-corrected chi connectivity index (χ1v) is 13.1. The van der Waals surface area contributed by atoms with Gasteiger partial charge in [0.1, 0.15) is 11.5 Å². The van der Waals surface area contributed by atoms with E-state index in [4.69, 9.17) is 9.47 Å². The van der Waals surface area contributed by atoms with Gasteiger partial charge in [-0.15, -0.1) is 0 Å². The van der Waals surface area contributed by atoms with E-state index in [9.17, 15) is 9.90 Å². The minimum atomic E-state index is -0.803. The van der Waals surface area contributed by atoms with Crippen molar-refractivity contribution in [3.8, 4) is 22.6 Å². The number of rotatable bonds is 7. The molecule has 0 unspecified atom stereocenters. The second-order valence-corrected chi connectivity index (χ2v) is 10.9. The Hall–Kier alpha value is -2.73. The van der Waals surface area contributed by atoms with Crippen molar-refractivity contribution in [1.82, 2.24) is 9.80 Å². The highest BCUT2D eigenvalue weighted by Gasteiger charge is 2.50. The van der Waals surface area contributed by atoms with Crippen molar-refractivity contribution < 1.29 is 19.4 Å². The highest BCUT2D eigenvalue weighted by atomic mass is 16.5. The summed E-state index contributed by atoms with van der Waals surface area (Å²) in [5.74, 6) is 2.12. The standard InChI is InChI=1S/C29H38N2O4/c1-5-34-22-9-7-19(8-10-22)23-15-21-17-29(3,4)27(24(21)16-26(23)35-6-2)31(28(32)33)25-18-30-13-11-20(25)12-14-30/h7-10,15-16,20,25,27H,5-6,11-14,17-18H2,1-4H3,(H,32,33)/t25-,27+/m1/s1. The molecule has 1 N–H and O–H groups in total. The molecule has 6 nitrogen and oxygen atoms in total. The maximum absolute atomic E-state index is 12.8. The van der Waals surface area contributed by atoms with Gasteiger partial charge in [-0.2, -0.15) is 0 Å². The lowest BCUT2D eigenvalue weighted by Gasteiger charge is -2.51. The van der Waals surface area contributed by atoms with Crippen LogP contribution in [0.5, 0.6) is 11.5 Å². The van der Waals surface area contributed by atoms with Crippen LogP contribution in [0.15, 0.2) is 36.4 Å². The third kappa shape index (κ3) is 4.37. The van der Waals surface area contributed by atoms with Gasteiger partial charge in [0.15, 0.2) is 0 Å². The summed E-state index contributed by atoms with van der Waals surface area (Å²) in [6.07, 6.45) is 2.22. The number of amides is 1. The molecule has 0 spiro atoms. The van der Waals surface area contributed by atoms with Crippen LogP contribution in [0.25, 0.3) is 11.1 Å². The van der Waals surface area contributed by atoms with Gasteiger partial charge in [0, 0.05) is 12.1 Å². The molecule has 0 aromatic heterocycles. The molecule has 2 aromatic rings. The molecule has 3 fully saturated rings. The summed E-state index contributed by atoms with van der Waals surface area (Å²) in [7, 11) is 0. The normalized spacial score (nSPS) is 26.3. The van der Waals surface area contributed by atoms with Gasteiger partial charge >= 0.3 is 6.09 Å². The molecule has 6 heteroatoms. The molecule has 6 rings (SSSR count). The highest BCUT2D eigenvalue weighted by molar-refractivity contribution is 5.74.